The van der Waals surface area contributed by atoms with Gasteiger partial charge in [-0.1, -0.05) is 18.5 Å². The number of aromatic nitrogens is 1. The first kappa shape index (κ1) is 13.8. The molecule has 1 aliphatic rings. The van der Waals surface area contributed by atoms with Gasteiger partial charge in [0.2, 0.25) is 0 Å². The summed E-state index contributed by atoms with van der Waals surface area (Å²) in [5.74, 6) is 0.522. The second-order valence-electron chi connectivity index (χ2n) is 4.60. The molecule has 2 rings (SSSR count). The lowest BCUT2D eigenvalue weighted by Crippen LogP contribution is -2.19. The number of nitrogens with zero attached hydrogens (tertiary/aromatic N) is 1. The van der Waals surface area contributed by atoms with Crippen LogP contribution in [0.2, 0.25) is 5.15 Å². The van der Waals surface area contributed by atoms with Crippen molar-refractivity contribution in [2.45, 2.75) is 30.8 Å². The Bertz CT molecular complexity index is 501. The lowest BCUT2D eigenvalue weighted by atomic mass is 10.0. The van der Waals surface area contributed by atoms with Crippen LogP contribution in [0.25, 0.3) is 0 Å². The Kier molecular flexibility index (Phi) is 4.25. The molecule has 0 amide bonds. The second kappa shape index (κ2) is 5.55. The Morgan fingerprint density at radius 2 is 2.28 bits per heavy atom. The molecule has 2 heterocycles. The van der Waals surface area contributed by atoms with Gasteiger partial charge in [-0.2, -0.15) is 0 Å². The zero-order valence-electron chi connectivity index (χ0n) is 10.2. The fourth-order valence-electron chi connectivity index (χ4n) is 2.06. The normalized spacial score (nSPS) is 24.3. The minimum atomic E-state index is -3.29. The fraction of sp³-hybridized carbons (Fsp3) is 0.583. The molecule has 1 saturated heterocycles. The molecule has 0 spiro atoms. The van der Waals surface area contributed by atoms with Crippen LogP contribution in [0.4, 0.5) is 0 Å². The Morgan fingerprint density at radius 1 is 1.50 bits per heavy atom. The zero-order valence-corrected chi connectivity index (χ0v) is 11.7. The third-order valence-corrected chi connectivity index (χ3v) is 5.23. The van der Waals surface area contributed by atoms with Gasteiger partial charge in [-0.25, -0.2) is 13.4 Å². The van der Waals surface area contributed by atoms with Crippen LogP contribution < -0.4 is 0 Å². The quantitative estimate of drug-likeness (QED) is 0.798. The van der Waals surface area contributed by atoms with E-state index < -0.39 is 9.84 Å². The highest BCUT2D eigenvalue weighted by Gasteiger charge is 2.26. The van der Waals surface area contributed by atoms with Crippen LogP contribution in [0.1, 0.15) is 19.8 Å². The molecule has 0 bridgehead atoms. The van der Waals surface area contributed by atoms with Crippen molar-refractivity contribution < 1.29 is 13.2 Å². The average Bonchev–Trinajstić information content (AvgIpc) is 2.73. The van der Waals surface area contributed by atoms with Crippen LogP contribution in [0.3, 0.4) is 0 Å². The molecule has 2 unspecified atom stereocenters. The SMILES string of the molecule is CC1CCOC1CCS(=O)(=O)c1ccc(Cl)nc1. The first-order valence-corrected chi connectivity index (χ1v) is 7.98. The topological polar surface area (TPSA) is 56.3 Å². The van der Waals surface area contributed by atoms with Crippen molar-refractivity contribution in [2.24, 2.45) is 5.92 Å². The Hall–Kier alpha value is -0.650. The highest BCUT2D eigenvalue weighted by atomic mass is 35.5. The van der Waals surface area contributed by atoms with Gasteiger partial charge in [0.25, 0.3) is 0 Å². The number of rotatable bonds is 4. The van der Waals surface area contributed by atoms with Crippen LogP contribution in [-0.2, 0) is 14.6 Å². The molecule has 1 fully saturated rings. The fourth-order valence-corrected chi connectivity index (χ4v) is 3.44. The molecular weight excluding hydrogens is 274 g/mol. The summed E-state index contributed by atoms with van der Waals surface area (Å²) in [7, 11) is -3.29. The summed E-state index contributed by atoms with van der Waals surface area (Å²) in [5, 5.41) is 0.293. The smallest absolute Gasteiger partial charge is 0.179 e. The van der Waals surface area contributed by atoms with Gasteiger partial charge in [-0.05, 0) is 30.9 Å². The Morgan fingerprint density at radius 3 is 2.83 bits per heavy atom. The van der Waals surface area contributed by atoms with Gasteiger partial charge in [-0.15, -0.1) is 0 Å². The zero-order chi connectivity index (χ0) is 13.2. The summed E-state index contributed by atoms with van der Waals surface area (Å²) in [4.78, 5) is 4.02. The number of halogens is 1. The van der Waals surface area contributed by atoms with E-state index in [1.807, 2.05) is 0 Å². The van der Waals surface area contributed by atoms with Crippen LogP contribution >= 0.6 is 11.6 Å². The molecule has 0 saturated carbocycles. The lowest BCUT2D eigenvalue weighted by Gasteiger charge is -2.14. The number of hydrogen-bond acceptors (Lipinski definition) is 4. The minimum absolute atomic E-state index is 0.0556. The van der Waals surface area contributed by atoms with Crippen LogP contribution in [-0.4, -0.2) is 31.9 Å². The van der Waals surface area contributed by atoms with Gasteiger partial charge in [0, 0.05) is 12.8 Å². The molecule has 0 aliphatic carbocycles. The summed E-state index contributed by atoms with van der Waals surface area (Å²) in [6, 6.07) is 2.98. The summed E-state index contributed by atoms with van der Waals surface area (Å²) in [6.45, 7) is 2.82. The van der Waals surface area contributed by atoms with E-state index in [1.165, 1.54) is 18.3 Å². The van der Waals surface area contributed by atoms with Crippen molar-refractivity contribution in [2.75, 3.05) is 12.4 Å². The molecule has 1 aromatic rings. The van der Waals surface area contributed by atoms with Crippen molar-refractivity contribution in [3.05, 3.63) is 23.5 Å². The molecule has 4 nitrogen and oxygen atoms in total. The highest BCUT2D eigenvalue weighted by molar-refractivity contribution is 7.91. The van der Waals surface area contributed by atoms with Crippen LogP contribution in [0.15, 0.2) is 23.2 Å². The van der Waals surface area contributed by atoms with Crippen molar-refractivity contribution in [1.82, 2.24) is 4.98 Å². The van der Waals surface area contributed by atoms with Crippen molar-refractivity contribution in [3.8, 4) is 0 Å². The molecule has 18 heavy (non-hydrogen) atoms. The molecule has 0 radical (unpaired) electrons. The van der Waals surface area contributed by atoms with E-state index in [2.05, 4.69) is 11.9 Å². The summed E-state index contributed by atoms with van der Waals surface area (Å²) >= 11 is 5.64. The first-order valence-electron chi connectivity index (χ1n) is 5.95. The largest absolute Gasteiger partial charge is 0.378 e. The molecule has 2 atom stereocenters. The minimum Gasteiger partial charge on any atom is -0.378 e. The third-order valence-electron chi connectivity index (χ3n) is 3.27. The molecule has 0 N–H and O–H groups in total. The first-order chi connectivity index (χ1) is 8.49. The van der Waals surface area contributed by atoms with E-state index >= 15 is 0 Å². The Balaban J connectivity index is 2.01. The number of pyridine rings is 1. The van der Waals surface area contributed by atoms with E-state index in [0.717, 1.165) is 13.0 Å². The maximum atomic E-state index is 12.1. The van der Waals surface area contributed by atoms with Gasteiger partial charge < -0.3 is 4.74 Å². The average molecular weight is 290 g/mol. The predicted octanol–water partition coefficient (Wildman–Crippen LogP) is 2.32. The maximum absolute atomic E-state index is 12.1. The monoisotopic (exact) mass is 289 g/mol. The van der Waals surface area contributed by atoms with Gasteiger partial charge >= 0.3 is 0 Å². The van der Waals surface area contributed by atoms with Crippen LogP contribution in [0.5, 0.6) is 0 Å². The van der Waals surface area contributed by atoms with Crippen LogP contribution in [0, 0.1) is 5.92 Å². The van der Waals surface area contributed by atoms with Gasteiger partial charge in [0.1, 0.15) is 5.15 Å². The van der Waals surface area contributed by atoms with E-state index in [-0.39, 0.29) is 16.8 Å². The van der Waals surface area contributed by atoms with Gasteiger partial charge in [-0.3, -0.25) is 0 Å². The summed E-state index contributed by atoms with van der Waals surface area (Å²) in [5.41, 5.74) is 0. The lowest BCUT2D eigenvalue weighted by molar-refractivity contribution is 0.0917. The predicted molar refractivity (Wildman–Crippen MR) is 69.4 cm³/mol. The third kappa shape index (κ3) is 3.22. The standard InChI is InChI=1S/C12H16ClNO3S/c1-9-4-6-17-11(9)5-7-18(15,16)10-2-3-12(13)14-8-10/h2-3,8-9,11H,4-7H2,1H3. The number of ether oxygens (including phenoxy) is 1. The van der Waals surface area contributed by atoms with Crippen molar-refractivity contribution in [1.29, 1.82) is 0 Å². The number of sulfone groups is 1. The highest BCUT2D eigenvalue weighted by Crippen LogP contribution is 2.24. The Labute approximate surface area is 112 Å². The maximum Gasteiger partial charge on any atom is 0.179 e. The molecule has 1 aliphatic heterocycles. The van der Waals surface area contributed by atoms with E-state index in [1.54, 1.807) is 0 Å². The van der Waals surface area contributed by atoms with Gasteiger partial charge in [0.15, 0.2) is 9.84 Å². The van der Waals surface area contributed by atoms with Gasteiger partial charge in [0.05, 0.1) is 16.8 Å². The van der Waals surface area contributed by atoms with E-state index in [0.29, 0.717) is 17.5 Å². The van der Waals surface area contributed by atoms with E-state index in [4.69, 9.17) is 16.3 Å². The molecule has 100 valence electrons. The molecular formula is C12H16ClNO3S. The van der Waals surface area contributed by atoms with Crippen molar-refractivity contribution in [3.63, 3.8) is 0 Å². The molecule has 0 aromatic carbocycles. The summed E-state index contributed by atoms with van der Waals surface area (Å²) in [6.07, 6.45) is 2.90. The number of hydrogen-bond donors (Lipinski definition) is 0. The molecule has 1 aromatic heterocycles. The molecule has 6 heteroatoms. The second-order valence-corrected chi connectivity index (χ2v) is 7.10. The summed E-state index contributed by atoms with van der Waals surface area (Å²) < 4.78 is 29.7. The van der Waals surface area contributed by atoms with E-state index in [9.17, 15) is 8.42 Å². The van der Waals surface area contributed by atoms with Crippen molar-refractivity contribution >= 4 is 21.4 Å².